The fraction of sp³-hybridized carbons (Fsp3) is 0.933. The summed E-state index contributed by atoms with van der Waals surface area (Å²) in [6.45, 7) is 4.28. The summed E-state index contributed by atoms with van der Waals surface area (Å²) in [4.78, 5) is 14.5. The van der Waals surface area contributed by atoms with E-state index in [4.69, 9.17) is 4.74 Å². The van der Waals surface area contributed by atoms with Crippen molar-refractivity contribution in [1.29, 1.82) is 0 Å². The lowest BCUT2D eigenvalue weighted by Crippen LogP contribution is -2.48. The number of rotatable bonds is 5. The average Bonchev–Trinajstić information content (AvgIpc) is 3.18. The van der Waals surface area contributed by atoms with E-state index in [-0.39, 0.29) is 12.0 Å². The molecule has 3 fully saturated rings. The highest BCUT2D eigenvalue weighted by atomic mass is 16.5. The standard InChI is InChI=1S/C15H27N3O2/c19-15(17-10-12-4-3-9-20-12)11-18-8-2-6-14(18)13-5-1-7-16-13/h12-14,16H,1-11H2,(H,17,19). The molecule has 2 N–H and O–H groups in total. The maximum absolute atomic E-state index is 12.1. The van der Waals surface area contributed by atoms with Gasteiger partial charge in [0.15, 0.2) is 0 Å². The summed E-state index contributed by atoms with van der Waals surface area (Å²) in [5, 5.41) is 6.62. The second-order valence-corrected chi connectivity index (χ2v) is 6.32. The van der Waals surface area contributed by atoms with E-state index in [2.05, 4.69) is 15.5 Å². The van der Waals surface area contributed by atoms with E-state index in [1.807, 2.05) is 0 Å². The molecule has 3 heterocycles. The molecule has 5 heteroatoms. The third-order valence-electron chi connectivity index (χ3n) is 4.87. The van der Waals surface area contributed by atoms with Gasteiger partial charge < -0.3 is 15.4 Å². The fourth-order valence-corrected chi connectivity index (χ4v) is 3.82. The van der Waals surface area contributed by atoms with Crippen LogP contribution in [0.4, 0.5) is 0 Å². The van der Waals surface area contributed by atoms with Crippen molar-refractivity contribution in [2.45, 2.75) is 56.7 Å². The lowest BCUT2D eigenvalue weighted by Gasteiger charge is -2.29. The first kappa shape index (κ1) is 14.3. The summed E-state index contributed by atoms with van der Waals surface area (Å²) in [6, 6.07) is 1.16. The van der Waals surface area contributed by atoms with Crippen molar-refractivity contribution < 1.29 is 9.53 Å². The Hall–Kier alpha value is -0.650. The highest BCUT2D eigenvalue weighted by molar-refractivity contribution is 5.78. The number of nitrogens with one attached hydrogen (secondary N) is 2. The topological polar surface area (TPSA) is 53.6 Å². The zero-order valence-corrected chi connectivity index (χ0v) is 12.3. The highest BCUT2D eigenvalue weighted by Gasteiger charge is 2.33. The van der Waals surface area contributed by atoms with Crippen LogP contribution in [0.3, 0.4) is 0 Å². The van der Waals surface area contributed by atoms with Gasteiger partial charge in [0.25, 0.3) is 0 Å². The Bertz CT molecular complexity index is 325. The Balaban J connectivity index is 1.42. The Morgan fingerprint density at radius 2 is 2.20 bits per heavy atom. The molecule has 5 nitrogen and oxygen atoms in total. The minimum absolute atomic E-state index is 0.158. The average molecular weight is 281 g/mol. The quantitative estimate of drug-likeness (QED) is 0.770. The van der Waals surface area contributed by atoms with Gasteiger partial charge in [-0.3, -0.25) is 9.69 Å². The van der Waals surface area contributed by atoms with E-state index in [1.54, 1.807) is 0 Å². The SMILES string of the molecule is O=C(CN1CCCC1C1CCCN1)NCC1CCCO1. The zero-order chi connectivity index (χ0) is 13.8. The molecule has 3 saturated heterocycles. The molecule has 0 saturated carbocycles. The Labute approximate surface area is 121 Å². The monoisotopic (exact) mass is 281 g/mol. The van der Waals surface area contributed by atoms with Crippen molar-refractivity contribution in [3.05, 3.63) is 0 Å². The van der Waals surface area contributed by atoms with Crippen LogP contribution in [-0.4, -0.2) is 61.8 Å². The van der Waals surface area contributed by atoms with Crippen LogP contribution in [0.5, 0.6) is 0 Å². The number of amides is 1. The second kappa shape index (κ2) is 6.87. The van der Waals surface area contributed by atoms with Crippen molar-refractivity contribution >= 4 is 5.91 Å². The Kier molecular flexibility index (Phi) is 4.91. The number of hydrogen-bond acceptors (Lipinski definition) is 4. The summed E-state index contributed by atoms with van der Waals surface area (Å²) in [7, 11) is 0. The van der Waals surface area contributed by atoms with Crippen molar-refractivity contribution in [2.24, 2.45) is 0 Å². The van der Waals surface area contributed by atoms with Crippen LogP contribution in [0, 0.1) is 0 Å². The minimum atomic E-state index is 0.158. The van der Waals surface area contributed by atoms with Crippen LogP contribution >= 0.6 is 0 Å². The molecule has 3 atom stereocenters. The number of carbonyl (C=O) groups is 1. The molecule has 0 spiro atoms. The molecule has 3 unspecified atom stereocenters. The molecule has 0 aliphatic carbocycles. The van der Waals surface area contributed by atoms with Gasteiger partial charge in [-0.05, 0) is 51.6 Å². The normalized spacial score (nSPS) is 34.7. The molecule has 3 aliphatic rings. The van der Waals surface area contributed by atoms with Crippen LogP contribution in [0.1, 0.15) is 38.5 Å². The van der Waals surface area contributed by atoms with E-state index in [9.17, 15) is 4.79 Å². The predicted octanol–water partition coefficient (Wildman–Crippen LogP) is 0.498. The van der Waals surface area contributed by atoms with Gasteiger partial charge in [-0.25, -0.2) is 0 Å². The van der Waals surface area contributed by atoms with Gasteiger partial charge in [-0.15, -0.1) is 0 Å². The van der Waals surface area contributed by atoms with Crippen LogP contribution in [0.25, 0.3) is 0 Å². The van der Waals surface area contributed by atoms with Crippen molar-refractivity contribution in [3.8, 4) is 0 Å². The zero-order valence-electron chi connectivity index (χ0n) is 12.3. The van der Waals surface area contributed by atoms with E-state index in [0.717, 1.165) is 32.5 Å². The van der Waals surface area contributed by atoms with E-state index >= 15 is 0 Å². The molecule has 20 heavy (non-hydrogen) atoms. The summed E-state index contributed by atoms with van der Waals surface area (Å²) in [6.07, 6.45) is 7.45. The smallest absolute Gasteiger partial charge is 0.234 e. The second-order valence-electron chi connectivity index (χ2n) is 6.32. The summed E-state index contributed by atoms with van der Waals surface area (Å²) >= 11 is 0. The lowest BCUT2D eigenvalue weighted by atomic mass is 10.0. The van der Waals surface area contributed by atoms with Crippen LogP contribution in [0.15, 0.2) is 0 Å². The van der Waals surface area contributed by atoms with Crippen molar-refractivity contribution in [1.82, 2.24) is 15.5 Å². The Morgan fingerprint density at radius 1 is 1.25 bits per heavy atom. The molecule has 3 aliphatic heterocycles. The fourth-order valence-electron chi connectivity index (χ4n) is 3.82. The van der Waals surface area contributed by atoms with Gasteiger partial charge in [-0.2, -0.15) is 0 Å². The van der Waals surface area contributed by atoms with Gasteiger partial charge in [0, 0.05) is 25.2 Å². The molecule has 0 aromatic heterocycles. The van der Waals surface area contributed by atoms with Gasteiger partial charge in [0.1, 0.15) is 0 Å². The number of ether oxygens (including phenoxy) is 1. The molecule has 0 radical (unpaired) electrons. The van der Waals surface area contributed by atoms with Crippen LogP contribution < -0.4 is 10.6 Å². The first-order valence-electron chi connectivity index (χ1n) is 8.18. The molecule has 1 amide bonds. The molecule has 0 bridgehead atoms. The first-order valence-corrected chi connectivity index (χ1v) is 8.18. The predicted molar refractivity (Wildman–Crippen MR) is 77.6 cm³/mol. The number of carbonyl (C=O) groups excluding carboxylic acids is 1. The van der Waals surface area contributed by atoms with Gasteiger partial charge in [0.2, 0.25) is 5.91 Å². The minimum Gasteiger partial charge on any atom is -0.376 e. The number of hydrogen-bond donors (Lipinski definition) is 2. The lowest BCUT2D eigenvalue weighted by molar-refractivity contribution is -0.123. The molecule has 0 aromatic rings. The van der Waals surface area contributed by atoms with Crippen LogP contribution in [0.2, 0.25) is 0 Å². The molecule has 0 aromatic carbocycles. The summed E-state index contributed by atoms with van der Waals surface area (Å²) in [5.74, 6) is 0.158. The van der Waals surface area contributed by atoms with Crippen molar-refractivity contribution in [2.75, 3.05) is 32.8 Å². The van der Waals surface area contributed by atoms with Gasteiger partial charge in [0.05, 0.1) is 12.6 Å². The first-order chi connectivity index (χ1) is 9.83. The van der Waals surface area contributed by atoms with Crippen molar-refractivity contribution in [3.63, 3.8) is 0 Å². The van der Waals surface area contributed by atoms with E-state index < -0.39 is 0 Å². The molecular formula is C15H27N3O2. The van der Waals surface area contributed by atoms with E-state index in [1.165, 1.54) is 25.7 Å². The summed E-state index contributed by atoms with van der Waals surface area (Å²) in [5.41, 5.74) is 0. The highest BCUT2D eigenvalue weighted by Crippen LogP contribution is 2.24. The van der Waals surface area contributed by atoms with Gasteiger partial charge >= 0.3 is 0 Å². The van der Waals surface area contributed by atoms with Gasteiger partial charge in [-0.1, -0.05) is 0 Å². The summed E-state index contributed by atoms with van der Waals surface area (Å²) < 4.78 is 5.54. The maximum Gasteiger partial charge on any atom is 0.234 e. The largest absolute Gasteiger partial charge is 0.376 e. The number of likely N-dealkylation sites (tertiary alicyclic amines) is 1. The Morgan fingerprint density at radius 3 is 2.95 bits per heavy atom. The third-order valence-corrected chi connectivity index (χ3v) is 4.87. The number of nitrogens with zero attached hydrogens (tertiary/aromatic N) is 1. The maximum atomic E-state index is 12.1. The third kappa shape index (κ3) is 3.51. The van der Waals surface area contributed by atoms with E-state index in [0.29, 0.717) is 25.2 Å². The van der Waals surface area contributed by atoms with Crippen LogP contribution in [-0.2, 0) is 9.53 Å². The molecule has 114 valence electrons. The molecule has 3 rings (SSSR count). The molecular weight excluding hydrogens is 254 g/mol.